The fraction of sp³-hybridized carbons (Fsp3) is 0.583. The summed E-state index contributed by atoms with van der Waals surface area (Å²) in [4.78, 5) is 51.7. The van der Waals surface area contributed by atoms with Crippen LogP contribution in [0.25, 0.3) is 0 Å². The van der Waals surface area contributed by atoms with Gasteiger partial charge in [-0.1, -0.05) is 13.8 Å². The molecule has 1 unspecified atom stereocenters. The van der Waals surface area contributed by atoms with Gasteiger partial charge in [0, 0.05) is 48.8 Å². The molecule has 1 fully saturated rings. The van der Waals surface area contributed by atoms with Gasteiger partial charge in [0.2, 0.25) is 5.78 Å². The summed E-state index contributed by atoms with van der Waals surface area (Å²) >= 11 is 0. The fourth-order valence-electron chi connectivity index (χ4n) is 6.08. The van der Waals surface area contributed by atoms with Gasteiger partial charge in [0.1, 0.15) is 29.8 Å². The van der Waals surface area contributed by atoms with E-state index in [0.29, 0.717) is 42.4 Å². The third kappa shape index (κ3) is 2.78. The fourth-order valence-corrected chi connectivity index (χ4v) is 6.08. The van der Waals surface area contributed by atoms with Gasteiger partial charge in [-0.25, -0.2) is 4.79 Å². The summed E-state index contributed by atoms with van der Waals surface area (Å²) in [5.74, 6) is -1.90. The standard InChI is InChI=1S/C24H26O8/c1-4-5-16(26)31-13-8-24(2)12(6-7-15(24)25)18-19(13)20-14(10-29-3)32-23(28)11-9-30-22(17(11)20)21(18)27/h9,12-14,20H,4-8,10H2,1-3H3/t12-,13+,14+,20?,24-/m0/s1. The van der Waals surface area contributed by atoms with E-state index in [0.717, 1.165) is 0 Å². The molecule has 1 saturated carbocycles. The van der Waals surface area contributed by atoms with Crippen LogP contribution in [0.4, 0.5) is 0 Å². The van der Waals surface area contributed by atoms with Crippen LogP contribution < -0.4 is 0 Å². The molecule has 32 heavy (non-hydrogen) atoms. The summed E-state index contributed by atoms with van der Waals surface area (Å²) in [6, 6.07) is 0. The lowest BCUT2D eigenvalue weighted by Gasteiger charge is -2.47. The summed E-state index contributed by atoms with van der Waals surface area (Å²) in [5, 5.41) is 0. The number of fused-ring (bicyclic) bond motifs is 3. The van der Waals surface area contributed by atoms with Crippen molar-refractivity contribution in [1.82, 2.24) is 0 Å². The highest BCUT2D eigenvalue weighted by molar-refractivity contribution is 6.14. The number of esters is 2. The Morgan fingerprint density at radius 1 is 1.28 bits per heavy atom. The first-order valence-corrected chi connectivity index (χ1v) is 11.1. The predicted octanol–water partition coefficient (Wildman–Crippen LogP) is 3.14. The number of furan rings is 1. The highest BCUT2D eigenvalue weighted by atomic mass is 16.6. The van der Waals surface area contributed by atoms with Crippen molar-refractivity contribution in [3.63, 3.8) is 0 Å². The molecule has 5 atom stereocenters. The Hall–Kier alpha value is -2.74. The van der Waals surface area contributed by atoms with Crippen LogP contribution in [0.1, 0.15) is 78.3 Å². The Kier molecular flexibility index (Phi) is 4.89. The number of ether oxygens (including phenoxy) is 3. The molecule has 2 heterocycles. The molecule has 8 nitrogen and oxygen atoms in total. The van der Waals surface area contributed by atoms with Crippen LogP contribution in [0.15, 0.2) is 21.8 Å². The summed E-state index contributed by atoms with van der Waals surface area (Å²) in [5.41, 5.74) is 1.03. The van der Waals surface area contributed by atoms with Gasteiger partial charge >= 0.3 is 11.9 Å². The normalized spacial score (nSPS) is 32.9. The van der Waals surface area contributed by atoms with Crippen LogP contribution in [-0.4, -0.2) is 49.4 Å². The highest BCUT2D eigenvalue weighted by Gasteiger charge is 2.60. The SMILES string of the molecule is CCCC(=O)O[C@@H]1C[C@]2(C)C(=O)CC[C@H]2C2=C1C1c3c(coc3C2=O)C(=O)O[C@@H]1COC. The number of hydrogen-bond acceptors (Lipinski definition) is 8. The largest absolute Gasteiger partial charge is 0.460 e. The first-order chi connectivity index (χ1) is 15.3. The van der Waals surface area contributed by atoms with Gasteiger partial charge in [-0.2, -0.15) is 0 Å². The number of carbonyl (C=O) groups excluding carboxylic acids is 4. The molecule has 0 bridgehead atoms. The average molecular weight is 442 g/mol. The number of allylic oxidation sites excluding steroid dienone is 1. The first-order valence-electron chi connectivity index (χ1n) is 11.1. The molecule has 0 radical (unpaired) electrons. The number of rotatable bonds is 5. The number of carbonyl (C=O) groups is 4. The molecular weight excluding hydrogens is 416 g/mol. The maximum absolute atomic E-state index is 13.7. The molecule has 0 saturated heterocycles. The number of ketones is 2. The van der Waals surface area contributed by atoms with Crippen LogP contribution in [-0.2, 0) is 23.8 Å². The van der Waals surface area contributed by atoms with E-state index in [1.54, 1.807) is 0 Å². The summed E-state index contributed by atoms with van der Waals surface area (Å²) in [7, 11) is 1.51. The third-order valence-electron chi connectivity index (χ3n) is 7.52. The van der Waals surface area contributed by atoms with Crippen LogP contribution in [0.3, 0.4) is 0 Å². The van der Waals surface area contributed by atoms with Gasteiger partial charge < -0.3 is 18.6 Å². The van der Waals surface area contributed by atoms with E-state index in [2.05, 4.69) is 0 Å². The van der Waals surface area contributed by atoms with Gasteiger partial charge in [0.25, 0.3) is 0 Å². The topological polar surface area (TPSA) is 109 Å². The quantitative estimate of drug-likeness (QED) is 0.640. The number of methoxy groups -OCH3 is 1. The Labute approximate surface area is 185 Å². The van der Waals surface area contributed by atoms with E-state index < -0.39 is 29.5 Å². The van der Waals surface area contributed by atoms with Gasteiger partial charge in [0.15, 0.2) is 5.76 Å². The van der Waals surface area contributed by atoms with Crippen molar-refractivity contribution >= 4 is 23.5 Å². The Bertz CT molecular complexity index is 1060. The average Bonchev–Trinajstić information content (AvgIpc) is 3.30. The number of cyclic esters (lactones) is 1. The molecular formula is C24H26O8. The molecule has 0 aromatic carbocycles. The maximum Gasteiger partial charge on any atom is 0.342 e. The lowest BCUT2D eigenvalue weighted by Crippen LogP contribution is -2.49. The first kappa shape index (κ1) is 21.1. The number of Topliss-reactive ketones (excluding diaryl/α,β-unsaturated/α-hetero) is 2. The zero-order valence-electron chi connectivity index (χ0n) is 18.4. The van der Waals surface area contributed by atoms with E-state index in [9.17, 15) is 19.2 Å². The summed E-state index contributed by atoms with van der Waals surface area (Å²) < 4.78 is 22.5. The molecule has 0 amide bonds. The molecule has 1 aromatic heterocycles. The maximum atomic E-state index is 13.7. The van der Waals surface area contributed by atoms with Crippen molar-refractivity contribution in [1.29, 1.82) is 0 Å². The van der Waals surface area contributed by atoms with E-state index in [1.807, 2.05) is 13.8 Å². The second-order valence-corrected chi connectivity index (χ2v) is 9.33. The van der Waals surface area contributed by atoms with Crippen molar-refractivity contribution in [3.8, 4) is 0 Å². The molecule has 1 aliphatic heterocycles. The minimum Gasteiger partial charge on any atom is -0.460 e. The van der Waals surface area contributed by atoms with Crippen molar-refractivity contribution < 1.29 is 37.8 Å². The van der Waals surface area contributed by atoms with E-state index in [-0.39, 0.29) is 47.8 Å². The Morgan fingerprint density at radius 3 is 2.78 bits per heavy atom. The highest BCUT2D eigenvalue weighted by Crippen LogP contribution is 2.59. The minimum atomic E-state index is -0.791. The monoisotopic (exact) mass is 442 g/mol. The van der Waals surface area contributed by atoms with Gasteiger partial charge in [-0.15, -0.1) is 0 Å². The molecule has 5 rings (SSSR count). The van der Waals surface area contributed by atoms with E-state index >= 15 is 0 Å². The van der Waals surface area contributed by atoms with Gasteiger partial charge in [-0.05, 0) is 18.4 Å². The van der Waals surface area contributed by atoms with Crippen LogP contribution in [0, 0.1) is 11.3 Å². The van der Waals surface area contributed by atoms with E-state index in [1.165, 1.54) is 13.4 Å². The second-order valence-electron chi connectivity index (χ2n) is 9.33. The minimum absolute atomic E-state index is 0.0767. The number of hydrogen-bond donors (Lipinski definition) is 0. The Balaban J connectivity index is 1.72. The molecule has 0 spiro atoms. The summed E-state index contributed by atoms with van der Waals surface area (Å²) in [6.07, 6.45) is 1.92. The zero-order valence-corrected chi connectivity index (χ0v) is 18.4. The van der Waals surface area contributed by atoms with E-state index in [4.69, 9.17) is 18.6 Å². The van der Waals surface area contributed by atoms with Crippen molar-refractivity contribution in [3.05, 3.63) is 34.3 Å². The van der Waals surface area contributed by atoms with Gasteiger partial charge in [-0.3, -0.25) is 14.4 Å². The second kappa shape index (κ2) is 7.40. The van der Waals surface area contributed by atoms with Crippen molar-refractivity contribution in [2.75, 3.05) is 13.7 Å². The third-order valence-corrected chi connectivity index (χ3v) is 7.52. The molecule has 1 aromatic rings. The molecule has 170 valence electrons. The molecule has 3 aliphatic carbocycles. The lowest BCUT2D eigenvalue weighted by molar-refractivity contribution is -0.151. The lowest BCUT2D eigenvalue weighted by atomic mass is 9.59. The zero-order chi connectivity index (χ0) is 22.8. The summed E-state index contributed by atoms with van der Waals surface area (Å²) in [6.45, 7) is 3.86. The van der Waals surface area contributed by atoms with Crippen LogP contribution >= 0.6 is 0 Å². The molecule has 8 heteroatoms. The van der Waals surface area contributed by atoms with Crippen molar-refractivity contribution in [2.24, 2.45) is 11.3 Å². The molecule has 4 aliphatic rings. The van der Waals surface area contributed by atoms with Crippen LogP contribution in [0.5, 0.6) is 0 Å². The van der Waals surface area contributed by atoms with Gasteiger partial charge in [0.05, 0.1) is 12.5 Å². The predicted molar refractivity (Wildman–Crippen MR) is 109 cm³/mol. The smallest absolute Gasteiger partial charge is 0.342 e. The molecule has 0 N–H and O–H groups in total. The van der Waals surface area contributed by atoms with Crippen LogP contribution in [0.2, 0.25) is 0 Å². The van der Waals surface area contributed by atoms with Crippen molar-refractivity contribution in [2.45, 2.75) is 64.1 Å². The Morgan fingerprint density at radius 2 is 2.06 bits per heavy atom.